The fourth-order valence-corrected chi connectivity index (χ4v) is 2.04. The molecule has 0 amide bonds. The van der Waals surface area contributed by atoms with Gasteiger partial charge in [0, 0.05) is 43.7 Å². The van der Waals surface area contributed by atoms with E-state index in [0.29, 0.717) is 12.1 Å². The van der Waals surface area contributed by atoms with E-state index in [1.165, 1.54) is 12.1 Å². The fourth-order valence-electron chi connectivity index (χ4n) is 2.04. The third kappa shape index (κ3) is 4.06. The summed E-state index contributed by atoms with van der Waals surface area (Å²) in [7, 11) is 1.92. The molecule has 0 aliphatic heterocycles. The van der Waals surface area contributed by atoms with Gasteiger partial charge in [-0.3, -0.25) is 14.9 Å². The van der Waals surface area contributed by atoms with E-state index in [0.717, 1.165) is 18.2 Å². The van der Waals surface area contributed by atoms with Gasteiger partial charge in [-0.25, -0.2) is 8.78 Å². The van der Waals surface area contributed by atoms with Crippen molar-refractivity contribution in [3.63, 3.8) is 0 Å². The van der Waals surface area contributed by atoms with Gasteiger partial charge in [-0.2, -0.15) is 0 Å². The molecule has 20 heavy (non-hydrogen) atoms. The molecule has 0 radical (unpaired) electrons. The molecule has 1 unspecified atom stereocenters. The third-order valence-electron chi connectivity index (χ3n) is 3.23. The Morgan fingerprint density at radius 1 is 1.15 bits per heavy atom. The summed E-state index contributed by atoms with van der Waals surface area (Å²) in [6.45, 7) is 2.53. The average molecular weight is 277 g/mol. The van der Waals surface area contributed by atoms with E-state index < -0.39 is 11.6 Å². The minimum atomic E-state index is -0.546. The maximum absolute atomic E-state index is 13.1. The van der Waals surface area contributed by atoms with E-state index in [2.05, 4.69) is 9.97 Å². The van der Waals surface area contributed by atoms with Gasteiger partial charge in [-0.15, -0.1) is 0 Å². The van der Waals surface area contributed by atoms with Crippen molar-refractivity contribution in [2.75, 3.05) is 7.05 Å². The predicted octanol–water partition coefficient (Wildman–Crippen LogP) is 2.82. The zero-order valence-corrected chi connectivity index (χ0v) is 11.6. The van der Waals surface area contributed by atoms with E-state index in [1.807, 2.05) is 18.9 Å². The molecule has 2 rings (SSSR count). The number of benzene rings is 1. The normalized spacial score (nSPS) is 12.7. The molecule has 0 aliphatic rings. The molecule has 1 aromatic carbocycles. The number of hydrogen-bond donors (Lipinski definition) is 0. The number of aromatic nitrogens is 2. The first-order chi connectivity index (χ1) is 9.54. The van der Waals surface area contributed by atoms with Crippen molar-refractivity contribution in [1.82, 2.24) is 14.9 Å². The van der Waals surface area contributed by atoms with Crippen LogP contribution in [-0.4, -0.2) is 28.0 Å². The van der Waals surface area contributed by atoms with Gasteiger partial charge in [0.15, 0.2) is 0 Å². The smallest absolute Gasteiger partial charge is 0.126 e. The molecule has 0 aliphatic carbocycles. The summed E-state index contributed by atoms with van der Waals surface area (Å²) in [5.41, 5.74) is 1.52. The van der Waals surface area contributed by atoms with Crippen molar-refractivity contribution in [3.05, 3.63) is 59.7 Å². The van der Waals surface area contributed by atoms with Crippen LogP contribution in [0, 0.1) is 11.6 Å². The Hall–Kier alpha value is -1.88. The first kappa shape index (κ1) is 14.5. The van der Waals surface area contributed by atoms with Crippen molar-refractivity contribution in [2.24, 2.45) is 0 Å². The van der Waals surface area contributed by atoms with Crippen LogP contribution in [0.5, 0.6) is 0 Å². The summed E-state index contributed by atoms with van der Waals surface area (Å²) >= 11 is 0. The third-order valence-corrected chi connectivity index (χ3v) is 3.23. The van der Waals surface area contributed by atoms with Crippen molar-refractivity contribution in [1.29, 1.82) is 0 Å². The minimum absolute atomic E-state index is 0.193. The SMILES string of the molecule is CC(Cc1cnccn1)N(C)Cc1cc(F)cc(F)c1. The van der Waals surface area contributed by atoms with Crippen LogP contribution < -0.4 is 0 Å². The van der Waals surface area contributed by atoms with Crippen LogP contribution in [0.1, 0.15) is 18.2 Å². The van der Waals surface area contributed by atoms with Crippen LogP contribution in [0.2, 0.25) is 0 Å². The second-order valence-electron chi connectivity index (χ2n) is 4.94. The molecule has 106 valence electrons. The highest BCUT2D eigenvalue weighted by molar-refractivity contribution is 5.17. The summed E-state index contributed by atoms with van der Waals surface area (Å²) in [6, 6.07) is 3.79. The highest BCUT2D eigenvalue weighted by Gasteiger charge is 2.12. The van der Waals surface area contributed by atoms with Gasteiger partial charge in [0.1, 0.15) is 11.6 Å². The second-order valence-corrected chi connectivity index (χ2v) is 4.94. The molecule has 0 fully saturated rings. The molecule has 3 nitrogen and oxygen atoms in total. The molecule has 1 heterocycles. The maximum Gasteiger partial charge on any atom is 0.126 e. The summed E-state index contributed by atoms with van der Waals surface area (Å²) in [5, 5.41) is 0. The first-order valence-corrected chi connectivity index (χ1v) is 6.44. The van der Waals surface area contributed by atoms with Crippen LogP contribution in [0.25, 0.3) is 0 Å². The molecule has 0 saturated carbocycles. The molecule has 1 aromatic heterocycles. The van der Waals surface area contributed by atoms with E-state index in [-0.39, 0.29) is 6.04 Å². The zero-order valence-electron chi connectivity index (χ0n) is 11.6. The van der Waals surface area contributed by atoms with Gasteiger partial charge in [-0.1, -0.05) is 0 Å². The van der Waals surface area contributed by atoms with Gasteiger partial charge in [0.05, 0.1) is 5.69 Å². The second kappa shape index (κ2) is 6.52. The lowest BCUT2D eigenvalue weighted by molar-refractivity contribution is 0.246. The Morgan fingerprint density at radius 3 is 2.45 bits per heavy atom. The molecule has 0 spiro atoms. The van der Waals surface area contributed by atoms with Crippen LogP contribution in [-0.2, 0) is 13.0 Å². The molecular formula is C15H17F2N3. The van der Waals surface area contributed by atoms with E-state index in [1.54, 1.807) is 18.6 Å². The Balaban J connectivity index is 1.98. The lowest BCUT2D eigenvalue weighted by Gasteiger charge is -2.24. The van der Waals surface area contributed by atoms with Crippen LogP contribution in [0.4, 0.5) is 8.78 Å². The predicted molar refractivity (Wildman–Crippen MR) is 73.0 cm³/mol. The molecule has 0 bridgehead atoms. The quantitative estimate of drug-likeness (QED) is 0.841. The summed E-state index contributed by atoms with van der Waals surface area (Å²) in [4.78, 5) is 10.3. The van der Waals surface area contributed by atoms with Gasteiger partial charge < -0.3 is 0 Å². The lowest BCUT2D eigenvalue weighted by Crippen LogP contribution is -2.30. The Bertz CT molecular complexity index is 540. The van der Waals surface area contributed by atoms with Crippen molar-refractivity contribution >= 4 is 0 Å². The molecule has 0 saturated heterocycles. The van der Waals surface area contributed by atoms with Gasteiger partial charge in [-0.05, 0) is 31.7 Å². The number of halogens is 2. The van der Waals surface area contributed by atoms with E-state index >= 15 is 0 Å². The number of nitrogens with zero attached hydrogens (tertiary/aromatic N) is 3. The monoisotopic (exact) mass is 277 g/mol. The molecular weight excluding hydrogens is 260 g/mol. The number of rotatable bonds is 5. The van der Waals surface area contributed by atoms with Gasteiger partial charge >= 0.3 is 0 Å². The van der Waals surface area contributed by atoms with Gasteiger partial charge in [0.2, 0.25) is 0 Å². The number of likely N-dealkylation sites (N-methyl/N-ethyl adjacent to an activating group) is 1. The molecule has 0 N–H and O–H groups in total. The standard InChI is InChI=1S/C15H17F2N3/c1-11(5-15-9-18-3-4-19-15)20(2)10-12-6-13(16)8-14(17)7-12/h3-4,6-9,11H,5,10H2,1-2H3. The van der Waals surface area contributed by atoms with Crippen LogP contribution in [0.3, 0.4) is 0 Å². The Morgan fingerprint density at radius 2 is 1.85 bits per heavy atom. The Kier molecular flexibility index (Phi) is 4.74. The maximum atomic E-state index is 13.1. The summed E-state index contributed by atoms with van der Waals surface area (Å²) < 4.78 is 26.3. The van der Waals surface area contributed by atoms with E-state index in [4.69, 9.17) is 0 Å². The largest absolute Gasteiger partial charge is 0.299 e. The van der Waals surface area contributed by atoms with E-state index in [9.17, 15) is 8.78 Å². The molecule has 5 heteroatoms. The molecule has 1 atom stereocenters. The molecule has 2 aromatic rings. The van der Waals surface area contributed by atoms with Crippen molar-refractivity contribution < 1.29 is 8.78 Å². The van der Waals surface area contributed by atoms with Crippen LogP contribution in [0.15, 0.2) is 36.8 Å². The highest BCUT2D eigenvalue weighted by atomic mass is 19.1. The topological polar surface area (TPSA) is 29.0 Å². The first-order valence-electron chi connectivity index (χ1n) is 6.44. The van der Waals surface area contributed by atoms with Crippen molar-refractivity contribution in [2.45, 2.75) is 25.9 Å². The van der Waals surface area contributed by atoms with Crippen molar-refractivity contribution in [3.8, 4) is 0 Å². The highest BCUT2D eigenvalue weighted by Crippen LogP contribution is 2.12. The number of hydrogen-bond acceptors (Lipinski definition) is 3. The summed E-state index contributed by atoms with van der Waals surface area (Å²) in [5.74, 6) is -1.09. The lowest BCUT2D eigenvalue weighted by atomic mass is 10.1. The minimum Gasteiger partial charge on any atom is -0.299 e. The average Bonchev–Trinajstić information content (AvgIpc) is 2.38. The van der Waals surface area contributed by atoms with Crippen LogP contribution >= 0.6 is 0 Å². The summed E-state index contributed by atoms with van der Waals surface area (Å²) in [6.07, 6.45) is 5.76. The zero-order chi connectivity index (χ0) is 14.5. The fraction of sp³-hybridized carbons (Fsp3) is 0.333. The Labute approximate surface area is 117 Å². The van der Waals surface area contributed by atoms with Gasteiger partial charge in [0.25, 0.3) is 0 Å².